The summed E-state index contributed by atoms with van der Waals surface area (Å²) in [5.74, 6) is 0.201. The SMILES string of the molecule is Cc1ccc(-c2nnc(SCC(=O)NCCc3ccccc3)nc2-c2ccc(C)cc2)cc1. The second-order valence-corrected chi connectivity index (χ2v) is 8.84. The Morgan fingerprint density at radius 2 is 1.39 bits per heavy atom. The highest BCUT2D eigenvalue weighted by Gasteiger charge is 2.15. The van der Waals surface area contributed by atoms with Crippen molar-refractivity contribution in [1.29, 1.82) is 0 Å². The second-order valence-electron chi connectivity index (χ2n) is 7.90. The molecule has 0 aliphatic carbocycles. The Morgan fingerprint density at radius 3 is 2.03 bits per heavy atom. The molecule has 1 aromatic heterocycles. The Labute approximate surface area is 198 Å². The number of rotatable bonds is 8. The fourth-order valence-electron chi connectivity index (χ4n) is 3.36. The molecule has 6 heteroatoms. The number of hydrogen-bond acceptors (Lipinski definition) is 5. The molecule has 166 valence electrons. The predicted octanol–water partition coefficient (Wildman–Crippen LogP) is 5.27. The van der Waals surface area contributed by atoms with Crippen LogP contribution in [0, 0.1) is 13.8 Å². The minimum absolute atomic E-state index is 0.0426. The van der Waals surface area contributed by atoms with Gasteiger partial charge in [-0.05, 0) is 25.8 Å². The van der Waals surface area contributed by atoms with Crippen LogP contribution in [0.5, 0.6) is 0 Å². The minimum atomic E-state index is -0.0426. The molecule has 0 unspecified atom stereocenters. The third-order valence-electron chi connectivity index (χ3n) is 5.23. The summed E-state index contributed by atoms with van der Waals surface area (Å²) in [4.78, 5) is 17.1. The third-order valence-corrected chi connectivity index (χ3v) is 6.07. The molecule has 0 saturated heterocycles. The first-order valence-electron chi connectivity index (χ1n) is 10.9. The van der Waals surface area contributed by atoms with Crippen molar-refractivity contribution >= 4 is 17.7 Å². The fourth-order valence-corrected chi connectivity index (χ4v) is 3.98. The molecule has 3 aromatic carbocycles. The van der Waals surface area contributed by atoms with Crippen molar-refractivity contribution in [2.24, 2.45) is 0 Å². The lowest BCUT2D eigenvalue weighted by Gasteiger charge is -2.10. The average Bonchev–Trinajstić information content (AvgIpc) is 2.84. The number of thioether (sulfide) groups is 1. The van der Waals surface area contributed by atoms with E-state index in [0.717, 1.165) is 28.9 Å². The van der Waals surface area contributed by atoms with Crippen molar-refractivity contribution in [2.45, 2.75) is 25.4 Å². The Morgan fingerprint density at radius 1 is 0.788 bits per heavy atom. The van der Waals surface area contributed by atoms with Gasteiger partial charge in [0.2, 0.25) is 11.1 Å². The average molecular weight is 455 g/mol. The zero-order valence-electron chi connectivity index (χ0n) is 18.8. The third kappa shape index (κ3) is 6.26. The number of hydrogen-bond donors (Lipinski definition) is 1. The predicted molar refractivity (Wildman–Crippen MR) is 134 cm³/mol. The summed E-state index contributed by atoms with van der Waals surface area (Å²) in [7, 11) is 0. The van der Waals surface area contributed by atoms with E-state index < -0.39 is 0 Å². The highest BCUT2D eigenvalue weighted by molar-refractivity contribution is 7.99. The van der Waals surface area contributed by atoms with Crippen LogP contribution >= 0.6 is 11.8 Å². The number of benzene rings is 3. The van der Waals surface area contributed by atoms with Crippen molar-refractivity contribution in [3.63, 3.8) is 0 Å². The summed E-state index contributed by atoms with van der Waals surface area (Å²) in [6.07, 6.45) is 0.804. The van der Waals surface area contributed by atoms with Gasteiger partial charge in [0, 0.05) is 17.7 Å². The monoisotopic (exact) mass is 454 g/mol. The van der Waals surface area contributed by atoms with Crippen LogP contribution in [0.2, 0.25) is 0 Å². The van der Waals surface area contributed by atoms with Gasteiger partial charge in [0.25, 0.3) is 0 Å². The number of amides is 1. The number of aromatic nitrogens is 3. The lowest BCUT2D eigenvalue weighted by molar-refractivity contribution is -0.118. The highest BCUT2D eigenvalue weighted by atomic mass is 32.2. The van der Waals surface area contributed by atoms with E-state index in [9.17, 15) is 4.79 Å². The quantitative estimate of drug-likeness (QED) is 0.367. The van der Waals surface area contributed by atoms with Crippen LogP contribution in [0.3, 0.4) is 0 Å². The van der Waals surface area contributed by atoms with Crippen molar-refractivity contribution < 1.29 is 4.79 Å². The number of carbonyl (C=O) groups is 1. The molecule has 4 aromatic rings. The molecule has 0 spiro atoms. The van der Waals surface area contributed by atoms with Crippen LogP contribution < -0.4 is 5.32 Å². The van der Waals surface area contributed by atoms with Gasteiger partial charge in [0.15, 0.2) is 0 Å². The summed E-state index contributed by atoms with van der Waals surface area (Å²) >= 11 is 1.30. The van der Waals surface area contributed by atoms with Gasteiger partial charge < -0.3 is 5.32 Å². The maximum atomic E-state index is 12.3. The molecular formula is C27H26N4OS. The van der Waals surface area contributed by atoms with Gasteiger partial charge in [-0.2, -0.15) is 0 Å². The molecule has 1 heterocycles. The largest absolute Gasteiger partial charge is 0.355 e. The summed E-state index contributed by atoms with van der Waals surface area (Å²) in [6, 6.07) is 26.5. The van der Waals surface area contributed by atoms with Gasteiger partial charge in [-0.1, -0.05) is 102 Å². The van der Waals surface area contributed by atoms with E-state index >= 15 is 0 Å². The number of carbonyl (C=O) groups excluding carboxylic acids is 1. The molecule has 0 aliphatic heterocycles. The van der Waals surface area contributed by atoms with E-state index in [2.05, 4.69) is 65.8 Å². The molecule has 1 N–H and O–H groups in total. The van der Waals surface area contributed by atoms with E-state index in [1.165, 1.54) is 28.5 Å². The Bertz CT molecular complexity index is 1210. The number of nitrogens with zero attached hydrogens (tertiary/aromatic N) is 3. The van der Waals surface area contributed by atoms with Crippen LogP contribution in [0.4, 0.5) is 0 Å². The van der Waals surface area contributed by atoms with Crippen molar-refractivity contribution in [3.05, 3.63) is 95.6 Å². The summed E-state index contributed by atoms with van der Waals surface area (Å²) in [5, 5.41) is 12.2. The molecular weight excluding hydrogens is 428 g/mol. The lowest BCUT2D eigenvalue weighted by Crippen LogP contribution is -2.27. The molecule has 5 nitrogen and oxygen atoms in total. The minimum Gasteiger partial charge on any atom is -0.355 e. The molecule has 1 amide bonds. The normalized spacial score (nSPS) is 10.7. The second kappa shape index (κ2) is 10.9. The maximum absolute atomic E-state index is 12.3. The topological polar surface area (TPSA) is 67.8 Å². The zero-order chi connectivity index (χ0) is 23.0. The molecule has 0 radical (unpaired) electrons. The van der Waals surface area contributed by atoms with Gasteiger partial charge in [-0.15, -0.1) is 10.2 Å². The van der Waals surface area contributed by atoms with E-state index in [-0.39, 0.29) is 11.7 Å². The van der Waals surface area contributed by atoms with Gasteiger partial charge >= 0.3 is 0 Å². The van der Waals surface area contributed by atoms with Gasteiger partial charge in [0.05, 0.1) is 5.75 Å². The van der Waals surface area contributed by atoms with Crippen LogP contribution in [-0.2, 0) is 11.2 Å². The summed E-state index contributed by atoms with van der Waals surface area (Å²) in [5.41, 5.74) is 7.00. The lowest BCUT2D eigenvalue weighted by atomic mass is 10.0. The molecule has 0 saturated carbocycles. The van der Waals surface area contributed by atoms with Crippen molar-refractivity contribution in [1.82, 2.24) is 20.5 Å². The van der Waals surface area contributed by atoms with E-state index in [4.69, 9.17) is 4.98 Å². The van der Waals surface area contributed by atoms with Crippen LogP contribution in [0.15, 0.2) is 84.0 Å². The highest BCUT2D eigenvalue weighted by Crippen LogP contribution is 2.30. The van der Waals surface area contributed by atoms with Gasteiger partial charge in [-0.3, -0.25) is 4.79 Å². The fraction of sp³-hybridized carbons (Fsp3) is 0.185. The molecule has 33 heavy (non-hydrogen) atoms. The van der Waals surface area contributed by atoms with Gasteiger partial charge in [0.1, 0.15) is 11.4 Å². The zero-order valence-corrected chi connectivity index (χ0v) is 19.6. The number of nitrogens with one attached hydrogen (secondary N) is 1. The Kier molecular flexibility index (Phi) is 7.47. The summed E-state index contributed by atoms with van der Waals surface area (Å²) in [6.45, 7) is 4.71. The first-order chi connectivity index (χ1) is 16.1. The first kappa shape index (κ1) is 22.7. The molecule has 0 fully saturated rings. The molecule has 0 aliphatic rings. The standard InChI is InChI=1S/C27H26N4OS/c1-19-8-12-22(13-9-19)25-26(23-14-10-20(2)11-15-23)30-31-27(29-25)33-18-24(32)28-17-16-21-6-4-3-5-7-21/h3-15H,16-18H2,1-2H3,(H,28,32). The van der Waals surface area contributed by atoms with Crippen LogP contribution in [0.1, 0.15) is 16.7 Å². The van der Waals surface area contributed by atoms with Crippen LogP contribution in [0.25, 0.3) is 22.5 Å². The Balaban J connectivity index is 1.47. The molecule has 0 bridgehead atoms. The van der Waals surface area contributed by atoms with Crippen molar-refractivity contribution in [3.8, 4) is 22.5 Å². The molecule has 4 rings (SSSR count). The smallest absolute Gasteiger partial charge is 0.230 e. The maximum Gasteiger partial charge on any atom is 0.230 e. The van der Waals surface area contributed by atoms with E-state index in [1.54, 1.807) is 0 Å². The van der Waals surface area contributed by atoms with E-state index in [0.29, 0.717) is 11.7 Å². The Hall–Kier alpha value is -3.51. The number of aryl methyl sites for hydroxylation is 2. The van der Waals surface area contributed by atoms with E-state index in [1.807, 2.05) is 42.5 Å². The van der Waals surface area contributed by atoms with Crippen LogP contribution in [-0.4, -0.2) is 33.4 Å². The first-order valence-corrected chi connectivity index (χ1v) is 11.9. The van der Waals surface area contributed by atoms with Crippen molar-refractivity contribution in [2.75, 3.05) is 12.3 Å². The molecule has 0 atom stereocenters. The van der Waals surface area contributed by atoms with Gasteiger partial charge in [-0.25, -0.2) is 4.98 Å². The summed E-state index contributed by atoms with van der Waals surface area (Å²) < 4.78 is 0.